The molecule has 0 fully saturated rings. The zero-order valence-electron chi connectivity index (χ0n) is 10.5. The van der Waals surface area contributed by atoms with E-state index in [-0.39, 0.29) is 25.5 Å². The number of nitrogens with zero attached hydrogens (tertiary/aromatic N) is 4. The lowest BCUT2D eigenvalue weighted by molar-refractivity contribution is -0.147. The summed E-state index contributed by atoms with van der Waals surface area (Å²) in [4.78, 5) is 10.4. The van der Waals surface area contributed by atoms with E-state index in [4.69, 9.17) is 5.11 Å². The normalized spacial score (nSPS) is 16.7. The molecule has 8 nitrogen and oxygen atoms in total. The molecule has 0 spiro atoms. The minimum Gasteiger partial charge on any atom is -0.481 e. The third-order valence-electron chi connectivity index (χ3n) is 2.94. The van der Waals surface area contributed by atoms with E-state index >= 15 is 0 Å². The predicted molar refractivity (Wildman–Crippen MR) is 61.5 cm³/mol. The summed E-state index contributed by atoms with van der Waals surface area (Å²) < 4.78 is 63.4. The van der Waals surface area contributed by atoms with Crippen molar-refractivity contribution < 1.29 is 31.5 Å². The summed E-state index contributed by atoms with van der Waals surface area (Å²) in [5.74, 6) is -3.16. The van der Waals surface area contributed by atoms with Gasteiger partial charge in [0.25, 0.3) is 0 Å². The van der Waals surface area contributed by atoms with E-state index in [0.717, 1.165) is 8.87 Å². The van der Waals surface area contributed by atoms with Gasteiger partial charge in [0.15, 0.2) is 0 Å². The monoisotopic (exact) mass is 328 g/mol. The van der Waals surface area contributed by atoms with Crippen LogP contribution in [0.15, 0.2) is 0 Å². The standard InChI is InChI=1S/C9H11F3N4O4S/c10-9(11,12)8-14-13-6-5-15(2-3-16(6)8)21(19,20)4-1-7(17)18/h1-5H2,(H,17,18). The van der Waals surface area contributed by atoms with Gasteiger partial charge in [0.2, 0.25) is 15.8 Å². The fourth-order valence-corrected chi connectivity index (χ4v) is 3.29. The Morgan fingerprint density at radius 2 is 1.95 bits per heavy atom. The Hall–Kier alpha value is -1.69. The van der Waals surface area contributed by atoms with Crippen molar-refractivity contribution in [2.75, 3.05) is 12.3 Å². The molecule has 1 aliphatic heterocycles. The van der Waals surface area contributed by atoms with Crippen LogP contribution in [-0.2, 0) is 34.1 Å². The first-order valence-corrected chi connectivity index (χ1v) is 7.41. The van der Waals surface area contributed by atoms with E-state index in [1.165, 1.54) is 0 Å². The second-order valence-electron chi connectivity index (χ2n) is 4.38. The highest BCUT2D eigenvalue weighted by Gasteiger charge is 2.40. The van der Waals surface area contributed by atoms with Gasteiger partial charge >= 0.3 is 12.1 Å². The largest absolute Gasteiger partial charge is 0.481 e. The SMILES string of the molecule is O=C(O)CCS(=O)(=O)N1CCn2c(nnc2C(F)(F)F)C1. The summed E-state index contributed by atoms with van der Waals surface area (Å²) in [6.07, 6.45) is -5.23. The van der Waals surface area contributed by atoms with Gasteiger partial charge in [-0.15, -0.1) is 10.2 Å². The Labute approximate surface area is 117 Å². The molecular weight excluding hydrogens is 317 g/mol. The Balaban J connectivity index is 2.17. The summed E-state index contributed by atoms with van der Waals surface area (Å²) in [6, 6.07) is 0. The van der Waals surface area contributed by atoms with Crippen molar-refractivity contribution in [3.8, 4) is 0 Å². The Bertz CT molecular complexity index is 654. The van der Waals surface area contributed by atoms with Crippen LogP contribution in [0.2, 0.25) is 0 Å². The first-order valence-electron chi connectivity index (χ1n) is 5.80. The zero-order valence-corrected chi connectivity index (χ0v) is 11.4. The number of sulfonamides is 1. The number of carboxylic acid groups (broad SMARTS) is 1. The molecule has 0 aliphatic carbocycles. The molecule has 21 heavy (non-hydrogen) atoms. The number of rotatable bonds is 4. The first kappa shape index (κ1) is 15.7. The molecule has 118 valence electrons. The summed E-state index contributed by atoms with van der Waals surface area (Å²) in [5, 5.41) is 14.9. The number of halogens is 3. The van der Waals surface area contributed by atoms with Gasteiger partial charge in [-0.3, -0.25) is 4.79 Å². The second kappa shape index (κ2) is 5.26. The van der Waals surface area contributed by atoms with Crippen LogP contribution in [0.4, 0.5) is 13.2 Å². The number of alkyl halides is 3. The van der Waals surface area contributed by atoms with E-state index in [0.29, 0.717) is 0 Å². The van der Waals surface area contributed by atoms with Gasteiger partial charge in [-0.05, 0) is 0 Å². The highest BCUT2D eigenvalue weighted by atomic mass is 32.2. The highest BCUT2D eigenvalue weighted by Crippen LogP contribution is 2.29. The van der Waals surface area contributed by atoms with Gasteiger partial charge in [0.05, 0.1) is 18.7 Å². The molecule has 1 aromatic rings. The van der Waals surface area contributed by atoms with Gasteiger partial charge in [-0.2, -0.15) is 17.5 Å². The molecule has 0 saturated heterocycles. The summed E-state index contributed by atoms with van der Waals surface area (Å²) in [7, 11) is -3.86. The van der Waals surface area contributed by atoms with Crippen LogP contribution in [0, 0.1) is 0 Å². The fourth-order valence-electron chi connectivity index (χ4n) is 1.93. The molecule has 0 atom stereocenters. The highest BCUT2D eigenvalue weighted by molar-refractivity contribution is 7.89. The topological polar surface area (TPSA) is 105 Å². The van der Waals surface area contributed by atoms with Crippen molar-refractivity contribution >= 4 is 16.0 Å². The molecule has 2 rings (SSSR count). The Morgan fingerprint density at radius 3 is 2.52 bits per heavy atom. The van der Waals surface area contributed by atoms with Crippen LogP contribution in [0.25, 0.3) is 0 Å². The molecule has 1 aliphatic rings. The molecular formula is C9H11F3N4O4S. The molecule has 1 aromatic heterocycles. The van der Waals surface area contributed by atoms with Crippen molar-refractivity contribution in [1.29, 1.82) is 0 Å². The second-order valence-corrected chi connectivity index (χ2v) is 6.47. The molecule has 1 N–H and O–H groups in total. The maximum absolute atomic E-state index is 12.6. The van der Waals surface area contributed by atoms with Crippen LogP contribution in [-0.4, -0.2) is 50.9 Å². The lowest BCUT2D eigenvalue weighted by atomic mass is 10.4. The molecule has 2 heterocycles. The van der Waals surface area contributed by atoms with Crippen molar-refractivity contribution in [2.45, 2.75) is 25.7 Å². The van der Waals surface area contributed by atoms with Crippen molar-refractivity contribution in [2.24, 2.45) is 0 Å². The van der Waals surface area contributed by atoms with E-state index in [2.05, 4.69) is 10.2 Å². The lowest BCUT2D eigenvalue weighted by Gasteiger charge is -2.27. The lowest BCUT2D eigenvalue weighted by Crippen LogP contribution is -2.40. The Morgan fingerprint density at radius 1 is 1.29 bits per heavy atom. The predicted octanol–water partition coefficient (Wildman–Crippen LogP) is -0.0830. The minimum absolute atomic E-state index is 0.118. The zero-order chi connectivity index (χ0) is 15.8. The Kier molecular flexibility index (Phi) is 3.93. The molecule has 0 amide bonds. The molecule has 12 heteroatoms. The summed E-state index contributed by atoms with van der Waals surface area (Å²) in [6.45, 7) is -0.773. The van der Waals surface area contributed by atoms with Crippen molar-refractivity contribution in [1.82, 2.24) is 19.1 Å². The van der Waals surface area contributed by atoms with Gasteiger partial charge in [0.1, 0.15) is 5.82 Å². The molecule has 0 saturated carbocycles. The van der Waals surface area contributed by atoms with E-state index < -0.39 is 40.2 Å². The average molecular weight is 328 g/mol. The third-order valence-corrected chi connectivity index (χ3v) is 4.76. The summed E-state index contributed by atoms with van der Waals surface area (Å²) >= 11 is 0. The third kappa shape index (κ3) is 3.32. The van der Waals surface area contributed by atoms with E-state index in [1.54, 1.807) is 0 Å². The number of carboxylic acids is 1. The molecule has 0 bridgehead atoms. The molecule has 0 aromatic carbocycles. The number of hydrogen-bond acceptors (Lipinski definition) is 5. The number of fused-ring (bicyclic) bond motifs is 1. The van der Waals surface area contributed by atoms with Crippen LogP contribution in [0.1, 0.15) is 18.1 Å². The van der Waals surface area contributed by atoms with Gasteiger partial charge in [-0.25, -0.2) is 8.42 Å². The van der Waals surface area contributed by atoms with Crippen molar-refractivity contribution in [3.63, 3.8) is 0 Å². The van der Waals surface area contributed by atoms with Gasteiger partial charge < -0.3 is 9.67 Å². The molecule has 0 unspecified atom stereocenters. The van der Waals surface area contributed by atoms with Gasteiger partial charge in [0, 0.05) is 13.1 Å². The smallest absolute Gasteiger partial charge is 0.451 e. The maximum atomic E-state index is 12.6. The number of carbonyl (C=O) groups is 1. The minimum atomic E-state index is -4.66. The quantitative estimate of drug-likeness (QED) is 0.828. The summed E-state index contributed by atoms with van der Waals surface area (Å²) in [5.41, 5.74) is 0. The first-order chi connectivity index (χ1) is 9.61. The van der Waals surface area contributed by atoms with Crippen LogP contribution >= 0.6 is 0 Å². The average Bonchev–Trinajstić information content (AvgIpc) is 2.79. The van der Waals surface area contributed by atoms with Crippen LogP contribution < -0.4 is 0 Å². The number of aliphatic carboxylic acids is 1. The van der Waals surface area contributed by atoms with Crippen molar-refractivity contribution in [3.05, 3.63) is 11.6 Å². The molecule has 0 radical (unpaired) electrons. The van der Waals surface area contributed by atoms with E-state index in [1.807, 2.05) is 0 Å². The maximum Gasteiger partial charge on any atom is 0.451 e. The number of aromatic nitrogens is 3. The van der Waals surface area contributed by atoms with Gasteiger partial charge in [-0.1, -0.05) is 0 Å². The number of hydrogen-bond donors (Lipinski definition) is 1. The van der Waals surface area contributed by atoms with Crippen LogP contribution in [0.5, 0.6) is 0 Å². The fraction of sp³-hybridized carbons (Fsp3) is 0.667. The van der Waals surface area contributed by atoms with E-state index in [9.17, 15) is 26.4 Å². The van der Waals surface area contributed by atoms with Crippen LogP contribution in [0.3, 0.4) is 0 Å².